The lowest BCUT2D eigenvalue weighted by Gasteiger charge is -2.37. The molecule has 2 unspecified atom stereocenters. The van der Waals surface area contributed by atoms with Crippen LogP contribution in [0.1, 0.15) is 6.42 Å². The van der Waals surface area contributed by atoms with Gasteiger partial charge in [0.25, 0.3) is 5.69 Å². The van der Waals surface area contributed by atoms with Gasteiger partial charge in [0.15, 0.2) is 0 Å². The van der Waals surface area contributed by atoms with Gasteiger partial charge in [0.2, 0.25) is 0 Å². The van der Waals surface area contributed by atoms with Crippen LogP contribution in [0.15, 0.2) is 24.3 Å². The summed E-state index contributed by atoms with van der Waals surface area (Å²) in [4.78, 5) is 25.2. The summed E-state index contributed by atoms with van der Waals surface area (Å²) >= 11 is 0. The van der Waals surface area contributed by atoms with Crippen molar-refractivity contribution >= 4 is 17.4 Å². The van der Waals surface area contributed by atoms with E-state index < -0.39 is 4.92 Å². The van der Waals surface area contributed by atoms with Crippen LogP contribution in [0.25, 0.3) is 0 Å². The average Bonchev–Trinajstić information content (AvgIpc) is 3.27. The number of nitro benzene ring substituents is 1. The number of nitrogens with zero attached hydrogens (tertiary/aromatic N) is 2. The van der Waals surface area contributed by atoms with Gasteiger partial charge in [0.05, 0.1) is 24.7 Å². The molecule has 0 bridgehead atoms. The summed E-state index contributed by atoms with van der Waals surface area (Å²) in [7, 11) is 0. The third-order valence-electron chi connectivity index (χ3n) is 5.32. The van der Waals surface area contributed by atoms with Gasteiger partial charge in [-0.2, -0.15) is 0 Å². The summed E-state index contributed by atoms with van der Waals surface area (Å²) in [5, 5.41) is 19.8. The van der Waals surface area contributed by atoms with Crippen molar-refractivity contribution in [1.29, 1.82) is 0 Å². The number of anilines is 1. The largest absolute Gasteiger partial charge is 0.381 e. The van der Waals surface area contributed by atoms with E-state index in [1.54, 1.807) is 18.2 Å². The predicted molar refractivity (Wildman–Crippen MR) is 108 cm³/mol. The summed E-state index contributed by atoms with van der Waals surface area (Å²) in [6, 6.07) is 6.43. The van der Waals surface area contributed by atoms with E-state index in [2.05, 4.69) is 20.9 Å². The molecule has 2 heterocycles. The highest BCUT2D eigenvalue weighted by molar-refractivity contribution is 5.73. The minimum atomic E-state index is -0.430. The van der Waals surface area contributed by atoms with E-state index in [1.165, 1.54) is 6.07 Å². The van der Waals surface area contributed by atoms with Gasteiger partial charge in [-0.25, -0.2) is 4.79 Å². The molecule has 160 valence electrons. The van der Waals surface area contributed by atoms with Crippen LogP contribution in [0.2, 0.25) is 0 Å². The fourth-order valence-corrected chi connectivity index (χ4v) is 3.77. The van der Waals surface area contributed by atoms with Crippen LogP contribution >= 0.6 is 0 Å². The van der Waals surface area contributed by atoms with E-state index in [0.717, 1.165) is 32.7 Å². The fraction of sp³-hybridized carbons (Fsp3) is 0.632. The van der Waals surface area contributed by atoms with Gasteiger partial charge in [-0.3, -0.25) is 15.0 Å². The lowest BCUT2D eigenvalue weighted by Crippen LogP contribution is -2.53. The van der Waals surface area contributed by atoms with Crippen LogP contribution in [0.3, 0.4) is 0 Å². The second-order valence-corrected chi connectivity index (χ2v) is 7.18. The highest BCUT2D eigenvalue weighted by Crippen LogP contribution is 2.23. The highest BCUT2D eigenvalue weighted by atomic mass is 16.6. The minimum Gasteiger partial charge on any atom is -0.381 e. The number of benzene rings is 1. The first-order valence-electron chi connectivity index (χ1n) is 10.0. The maximum atomic E-state index is 12.2. The first-order chi connectivity index (χ1) is 14.1. The Kier molecular flexibility index (Phi) is 8.03. The number of rotatable bonds is 9. The van der Waals surface area contributed by atoms with Gasteiger partial charge in [0.1, 0.15) is 5.69 Å². The SMILES string of the molecule is O=C(NCCNc1ccccc1[N+](=O)[O-])NCC(C1CCOC1)N1CCOCC1. The molecule has 10 nitrogen and oxygen atoms in total. The van der Waals surface area contributed by atoms with Gasteiger partial charge in [-0.1, -0.05) is 12.1 Å². The monoisotopic (exact) mass is 407 g/mol. The zero-order valence-corrected chi connectivity index (χ0v) is 16.5. The molecule has 2 fully saturated rings. The Morgan fingerprint density at radius 2 is 1.97 bits per heavy atom. The van der Waals surface area contributed by atoms with Crippen molar-refractivity contribution in [3.05, 3.63) is 34.4 Å². The molecule has 2 aliphatic heterocycles. The molecule has 2 amide bonds. The van der Waals surface area contributed by atoms with Crippen molar-refractivity contribution in [2.24, 2.45) is 5.92 Å². The number of morpholine rings is 1. The maximum absolute atomic E-state index is 12.2. The van der Waals surface area contributed by atoms with Crippen LogP contribution in [0.4, 0.5) is 16.2 Å². The number of para-hydroxylation sites is 2. The molecule has 0 radical (unpaired) electrons. The Labute approximate surface area is 170 Å². The molecule has 29 heavy (non-hydrogen) atoms. The van der Waals surface area contributed by atoms with Crippen molar-refractivity contribution in [3.8, 4) is 0 Å². The van der Waals surface area contributed by atoms with E-state index >= 15 is 0 Å². The lowest BCUT2D eigenvalue weighted by molar-refractivity contribution is -0.384. The van der Waals surface area contributed by atoms with Crippen molar-refractivity contribution < 1.29 is 19.2 Å². The Hall–Kier alpha value is -2.43. The van der Waals surface area contributed by atoms with Crippen LogP contribution in [-0.2, 0) is 9.47 Å². The topological polar surface area (TPSA) is 118 Å². The number of carbonyl (C=O) groups is 1. The van der Waals surface area contributed by atoms with E-state index in [1.807, 2.05) is 0 Å². The van der Waals surface area contributed by atoms with Crippen molar-refractivity contribution in [1.82, 2.24) is 15.5 Å². The second-order valence-electron chi connectivity index (χ2n) is 7.18. The number of urea groups is 1. The van der Waals surface area contributed by atoms with E-state index in [-0.39, 0.29) is 17.8 Å². The van der Waals surface area contributed by atoms with E-state index in [4.69, 9.17) is 9.47 Å². The summed E-state index contributed by atoms with van der Waals surface area (Å²) in [6.07, 6.45) is 1.01. The summed E-state index contributed by atoms with van der Waals surface area (Å²) in [6.45, 7) is 5.96. The number of nitrogens with one attached hydrogen (secondary N) is 3. The quantitative estimate of drug-likeness (QED) is 0.318. The Morgan fingerprint density at radius 3 is 2.69 bits per heavy atom. The molecule has 2 saturated heterocycles. The smallest absolute Gasteiger partial charge is 0.314 e. The van der Waals surface area contributed by atoms with Gasteiger partial charge in [-0.05, 0) is 12.5 Å². The molecule has 10 heteroatoms. The molecular formula is C19H29N5O5. The minimum absolute atomic E-state index is 0.0177. The normalized spacial score (nSPS) is 20.8. The lowest BCUT2D eigenvalue weighted by atomic mass is 9.97. The van der Waals surface area contributed by atoms with E-state index in [0.29, 0.717) is 44.5 Å². The molecule has 1 aromatic carbocycles. The second kappa shape index (κ2) is 10.9. The molecule has 3 rings (SSSR count). The maximum Gasteiger partial charge on any atom is 0.314 e. The molecular weight excluding hydrogens is 378 g/mol. The third kappa shape index (κ3) is 6.28. The zero-order valence-electron chi connectivity index (χ0n) is 16.5. The molecule has 0 aromatic heterocycles. The Morgan fingerprint density at radius 1 is 1.17 bits per heavy atom. The first kappa shape index (κ1) is 21.3. The zero-order chi connectivity index (χ0) is 20.5. The number of nitro groups is 1. The fourth-order valence-electron chi connectivity index (χ4n) is 3.77. The average molecular weight is 407 g/mol. The number of carbonyl (C=O) groups excluding carboxylic acids is 1. The van der Waals surface area contributed by atoms with Gasteiger partial charge in [0, 0.05) is 57.4 Å². The van der Waals surface area contributed by atoms with Crippen LogP contribution in [-0.4, -0.2) is 81.0 Å². The molecule has 2 aliphatic rings. The van der Waals surface area contributed by atoms with Crippen LogP contribution in [0.5, 0.6) is 0 Å². The number of hydrogen-bond donors (Lipinski definition) is 3. The summed E-state index contributed by atoms with van der Waals surface area (Å²) in [5.41, 5.74) is 0.456. The van der Waals surface area contributed by atoms with Crippen molar-refractivity contribution in [2.45, 2.75) is 12.5 Å². The van der Waals surface area contributed by atoms with Crippen molar-refractivity contribution in [2.75, 3.05) is 64.5 Å². The standard InChI is InChI=1S/C19H29N5O5/c25-19(21-7-6-20-16-3-1-2-4-17(16)24(26)27)22-13-18(15-5-10-29-14-15)23-8-11-28-12-9-23/h1-4,15,18,20H,5-14H2,(H2,21,22,25). The molecule has 2 atom stereocenters. The van der Waals surface area contributed by atoms with Crippen molar-refractivity contribution in [3.63, 3.8) is 0 Å². The van der Waals surface area contributed by atoms with Gasteiger partial charge >= 0.3 is 6.03 Å². The Balaban J connectivity index is 1.40. The summed E-state index contributed by atoms with van der Waals surface area (Å²) < 4.78 is 11.0. The molecule has 1 aromatic rings. The van der Waals surface area contributed by atoms with Crippen LogP contribution < -0.4 is 16.0 Å². The summed E-state index contributed by atoms with van der Waals surface area (Å²) in [5.74, 6) is 0.411. The van der Waals surface area contributed by atoms with Gasteiger partial charge < -0.3 is 25.4 Å². The third-order valence-corrected chi connectivity index (χ3v) is 5.32. The highest BCUT2D eigenvalue weighted by Gasteiger charge is 2.31. The molecule has 0 spiro atoms. The predicted octanol–water partition coefficient (Wildman–Crippen LogP) is 1.04. The molecule has 0 aliphatic carbocycles. The molecule has 0 saturated carbocycles. The van der Waals surface area contributed by atoms with Crippen LogP contribution in [0, 0.1) is 16.0 Å². The van der Waals surface area contributed by atoms with E-state index in [9.17, 15) is 14.9 Å². The Bertz CT molecular complexity index is 677. The van der Waals surface area contributed by atoms with Gasteiger partial charge in [-0.15, -0.1) is 0 Å². The molecule has 3 N–H and O–H groups in total. The number of amides is 2. The first-order valence-corrected chi connectivity index (χ1v) is 10.0. The number of ether oxygens (including phenoxy) is 2. The number of hydrogen-bond acceptors (Lipinski definition) is 7.